The van der Waals surface area contributed by atoms with E-state index in [0.717, 1.165) is 23.5 Å². The van der Waals surface area contributed by atoms with Gasteiger partial charge in [-0.25, -0.2) is 0 Å². The lowest BCUT2D eigenvalue weighted by molar-refractivity contribution is -0.134. The molecule has 0 bridgehead atoms. The maximum absolute atomic E-state index is 12.9. The highest BCUT2D eigenvalue weighted by Gasteiger charge is 2.18. The molecule has 30 heavy (non-hydrogen) atoms. The van der Waals surface area contributed by atoms with E-state index in [1.54, 1.807) is 30.1 Å². The molecule has 7 nitrogen and oxygen atoms in total. The first kappa shape index (κ1) is 23.1. The van der Waals surface area contributed by atoms with Crippen LogP contribution in [-0.4, -0.2) is 47.1 Å². The Morgan fingerprint density at radius 1 is 1.17 bits per heavy atom. The Kier molecular flexibility index (Phi) is 8.58. The van der Waals surface area contributed by atoms with Crippen LogP contribution in [0.2, 0.25) is 5.02 Å². The molecule has 2 aromatic carbocycles. The smallest absolute Gasteiger partial charge is 0.300 e. The number of carbonyl (C=O) groups excluding carboxylic acids is 1. The van der Waals surface area contributed by atoms with Crippen LogP contribution in [0.25, 0.3) is 10.9 Å². The third-order valence-corrected chi connectivity index (χ3v) is 4.18. The summed E-state index contributed by atoms with van der Waals surface area (Å²) in [5.74, 6) is -0.544. The number of ether oxygens (including phenoxy) is 1. The number of para-hydroxylation sites is 1. The second-order valence-corrected chi connectivity index (χ2v) is 6.89. The third-order valence-electron chi connectivity index (χ3n) is 3.95. The molecule has 0 saturated carbocycles. The fourth-order valence-corrected chi connectivity index (χ4v) is 2.85. The third kappa shape index (κ3) is 6.72. The van der Waals surface area contributed by atoms with Crippen molar-refractivity contribution in [3.8, 4) is 5.75 Å². The number of aromatic nitrogens is 1. The SMILES string of the molecule is CC(=O)O.CN(Cc1ccc2ccccc2n1)C(=O)c1cc(Cl)ccc1OCCN. The van der Waals surface area contributed by atoms with Gasteiger partial charge in [-0.3, -0.25) is 14.6 Å². The number of hydrogen-bond acceptors (Lipinski definition) is 5. The van der Waals surface area contributed by atoms with Crippen molar-refractivity contribution in [1.82, 2.24) is 9.88 Å². The number of amides is 1. The molecule has 1 amide bonds. The van der Waals surface area contributed by atoms with E-state index in [9.17, 15) is 4.79 Å². The van der Waals surface area contributed by atoms with E-state index in [2.05, 4.69) is 4.98 Å². The predicted molar refractivity (Wildman–Crippen MR) is 117 cm³/mol. The second-order valence-electron chi connectivity index (χ2n) is 6.45. The highest BCUT2D eigenvalue weighted by molar-refractivity contribution is 6.31. The molecule has 0 radical (unpaired) electrons. The first-order valence-corrected chi connectivity index (χ1v) is 9.61. The first-order valence-electron chi connectivity index (χ1n) is 9.24. The molecule has 3 N–H and O–H groups in total. The molecule has 0 aliphatic carbocycles. The average molecular weight is 430 g/mol. The fourth-order valence-electron chi connectivity index (χ4n) is 2.68. The Bertz CT molecular complexity index is 1020. The zero-order valence-corrected chi connectivity index (χ0v) is 17.6. The number of carboxylic acid groups (broad SMARTS) is 1. The van der Waals surface area contributed by atoms with Crippen molar-refractivity contribution >= 4 is 34.4 Å². The summed E-state index contributed by atoms with van der Waals surface area (Å²) in [5, 5.41) is 8.96. The Labute approximate surface area is 180 Å². The summed E-state index contributed by atoms with van der Waals surface area (Å²) >= 11 is 6.06. The van der Waals surface area contributed by atoms with E-state index < -0.39 is 5.97 Å². The Morgan fingerprint density at radius 2 is 1.87 bits per heavy atom. The summed E-state index contributed by atoms with van der Waals surface area (Å²) < 4.78 is 5.57. The lowest BCUT2D eigenvalue weighted by Crippen LogP contribution is -2.27. The number of carbonyl (C=O) groups is 2. The van der Waals surface area contributed by atoms with E-state index in [1.165, 1.54) is 0 Å². The van der Waals surface area contributed by atoms with E-state index >= 15 is 0 Å². The van der Waals surface area contributed by atoms with Gasteiger partial charge in [0.05, 0.1) is 23.3 Å². The van der Waals surface area contributed by atoms with Crippen molar-refractivity contribution in [3.63, 3.8) is 0 Å². The summed E-state index contributed by atoms with van der Waals surface area (Å²) in [6, 6.07) is 16.8. The quantitative estimate of drug-likeness (QED) is 0.620. The van der Waals surface area contributed by atoms with Gasteiger partial charge >= 0.3 is 0 Å². The van der Waals surface area contributed by atoms with Crippen LogP contribution < -0.4 is 10.5 Å². The van der Waals surface area contributed by atoms with Gasteiger partial charge in [-0.2, -0.15) is 0 Å². The van der Waals surface area contributed by atoms with Crippen LogP contribution >= 0.6 is 11.6 Å². The first-order chi connectivity index (χ1) is 14.3. The van der Waals surface area contributed by atoms with E-state index in [-0.39, 0.29) is 5.91 Å². The van der Waals surface area contributed by atoms with Crippen LogP contribution in [0, 0.1) is 0 Å². The Hall–Kier alpha value is -3.16. The summed E-state index contributed by atoms with van der Waals surface area (Å²) in [7, 11) is 1.73. The number of rotatable bonds is 6. The van der Waals surface area contributed by atoms with Gasteiger partial charge in [0.1, 0.15) is 12.4 Å². The molecule has 0 aliphatic rings. The van der Waals surface area contributed by atoms with E-state index in [4.69, 9.17) is 32.0 Å². The van der Waals surface area contributed by atoms with E-state index in [0.29, 0.717) is 36.0 Å². The van der Waals surface area contributed by atoms with Gasteiger partial charge in [0.2, 0.25) is 0 Å². The van der Waals surface area contributed by atoms with Crippen molar-refractivity contribution in [1.29, 1.82) is 0 Å². The standard InChI is InChI=1S/C20H20ClN3O2.C2H4O2/c1-24(13-16-8-6-14-4-2-3-5-18(14)23-16)20(25)17-12-15(21)7-9-19(17)26-11-10-22;1-2(3)4/h2-9,12H,10-11,13,22H2,1H3;1H3,(H,3,4). The van der Waals surface area contributed by atoms with Crippen molar-refractivity contribution in [2.24, 2.45) is 5.73 Å². The van der Waals surface area contributed by atoms with Crippen LogP contribution in [0.3, 0.4) is 0 Å². The summed E-state index contributed by atoms with van der Waals surface area (Å²) in [6.45, 7) is 2.16. The molecule has 0 saturated heterocycles. The monoisotopic (exact) mass is 429 g/mol. The number of nitrogens with two attached hydrogens (primary N) is 1. The minimum Gasteiger partial charge on any atom is -0.491 e. The van der Waals surface area contributed by atoms with Gasteiger partial charge in [-0.15, -0.1) is 0 Å². The Balaban J connectivity index is 0.000000735. The van der Waals surface area contributed by atoms with Crippen LogP contribution in [0.4, 0.5) is 0 Å². The Morgan fingerprint density at radius 3 is 2.57 bits per heavy atom. The topological polar surface area (TPSA) is 106 Å². The lowest BCUT2D eigenvalue weighted by atomic mass is 10.1. The number of pyridine rings is 1. The zero-order chi connectivity index (χ0) is 22.1. The van der Waals surface area contributed by atoms with Crippen LogP contribution in [-0.2, 0) is 11.3 Å². The minimum atomic E-state index is -0.833. The number of aliphatic carboxylic acids is 1. The summed E-state index contributed by atoms with van der Waals surface area (Å²) in [4.78, 5) is 28.1. The highest BCUT2D eigenvalue weighted by atomic mass is 35.5. The molecule has 8 heteroatoms. The predicted octanol–water partition coefficient (Wildman–Crippen LogP) is 3.59. The van der Waals surface area contributed by atoms with Crippen molar-refractivity contribution < 1.29 is 19.4 Å². The maximum atomic E-state index is 12.9. The number of hydrogen-bond donors (Lipinski definition) is 2. The van der Waals surface area contributed by atoms with Crippen molar-refractivity contribution in [2.75, 3.05) is 20.2 Å². The van der Waals surface area contributed by atoms with Crippen molar-refractivity contribution in [3.05, 3.63) is 70.9 Å². The molecule has 0 atom stereocenters. The fraction of sp³-hybridized carbons (Fsp3) is 0.227. The van der Waals surface area contributed by atoms with Crippen molar-refractivity contribution in [2.45, 2.75) is 13.5 Å². The van der Waals surface area contributed by atoms with Gasteiger partial charge in [0.25, 0.3) is 11.9 Å². The normalized spacial score (nSPS) is 10.1. The number of nitrogens with zero attached hydrogens (tertiary/aromatic N) is 2. The zero-order valence-electron chi connectivity index (χ0n) is 16.8. The number of halogens is 1. The lowest BCUT2D eigenvalue weighted by Gasteiger charge is -2.19. The average Bonchev–Trinajstić information content (AvgIpc) is 2.71. The van der Waals surface area contributed by atoms with Crippen LogP contribution in [0.5, 0.6) is 5.75 Å². The number of carboxylic acids is 1. The molecule has 0 unspecified atom stereocenters. The molecule has 1 heterocycles. The minimum absolute atomic E-state index is 0.186. The van der Waals surface area contributed by atoms with Gasteiger partial charge in [-0.05, 0) is 30.3 Å². The molecule has 3 rings (SSSR count). The number of benzene rings is 2. The molecule has 158 valence electrons. The van der Waals surface area contributed by atoms with Crippen LogP contribution in [0.1, 0.15) is 23.0 Å². The number of fused-ring (bicyclic) bond motifs is 1. The van der Waals surface area contributed by atoms with E-state index in [1.807, 2.05) is 36.4 Å². The highest BCUT2D eigenvalue weighted by Crippen LogP contribution is 2.25. The van der Waals surface area contributed by atoms with Gasteiger partial charge in [-0.1, -0.05) is 35.9 Å². The van der Waals surface area contributed by atoms with Gasteiger partial charge in [0, 0.05) is 30.9 Å². The maximum Gasteiger partial charge on any atom is 0.300 e. The molecule has 0 spiro atoms. The molecule has 0 fully saturated rings. The van der Waals surface area contributed by atoms with Crippen LogP contribution in [0.15, 0.2) is 54.6 Å². The summed E-state index contributed by atoms with van der Waals surface area (Å²) in [6.07, 6.45) is 0. The largest absolute Gasteiger partial charge is 0.491 e. The molecular weight excluding hydrogens is 406 g/mol. The second kappa shape index (κ2) is 11.1. The van der Waals surface area contributed by atoms with Gasteiger partial charge in [0.15, 0.2) is 0 Å². The van der Waals surface area contributed by atoms with Gasteiger partial charge < -0.3 is 20.5 Å². The molecule has 0 aliphatic heterocycles. The molecule has 1 aromatic heterocycles. The molecule has 3 aromatic rings. The summed E-state index contributed by atoms with van der Waals surface area (Å²) in [5.41, 5.74) is 7.61. The molecular formula is C22H24ClN3O4.